The summed E-state index contributed by atoms with van der Waals surface area (Å²) in [4.78, 5) is 16.2. The lowest BCUT2D eigenvalue weighted by atomic mass is 10.2. The van der Waals surface area contributed by atoms with Crippen molar-refractivity contribution in [3.8, 4) is 0 Å². The molecule has 0 saturated carbocycles. The zero-order valence-electron chi connectivity index (χ0n) is 11.6. The number of likely N-dealkylation sites (tertiary alicyclic amines) is 1. The van der Waals surface area contributed by atoms with E-state index in [9.17, 15) is 4.79 Å². The van der Waals surface area contributed by atoms with E-state index >= 15 is 0 Å². The summed E-state index contributed by atoms with van der Waals surface area (Å²) in [6, 6.07) is 7.91. The minimum Gasteiger partial charge on any atom is -0.323 e. The molecule has 0 aliphatic carbocycles. The van der Waals surface area contributed by atoms with Crippen molar-refractivity contribution in [1.29, 1.82) is 0 Å². The zero-order valence-corrected chi connectivity index (χ0v) is 11.6. The minimum atomic E-state index is -0.0494. The van der Waals surface area contributed by atoms with Crippen LogP contribution in [0.4, 0.5) is 10.5 Å². The maximum Gasteiger partial charge on any atom is 0.321 e. The predicted octanol–water partition coefficient (Wildman–Crippen LogP) is 2.50. The lowest BCUT2D eigenvalue weighted by molar-refractivity contribution is 0.204. The van der Waals surface area contributed by atoms with Crippen LogP contribution < -0.4 is 5.32 Å². The van der Waals surface area contributed by atoms with Crippen LogP contribution in [-0.4, -0.2) is 49.1 Å². The number of carbonyl (C=O) groups excluding carboxylic acids is 1. The fraction of sp³-hybridized carbons (Fsp3) is 0.400. The smallest absolute Gasteiger partial charge is 0.321 e. The monoisotopic (exact) mass is 259 g/mol. The van der Waals surface area contributed by atoms with E-state index in [1.54, 1.807) is 11.0 Å². The van der Waals surface area contributed by atoms with Gasteiger partial charge in [0.2, 0.25) is 0 Å². The van der Waals surface area contributed by atoms with Gasteiger partial charge in [0.25, 0.3) is 0 Å². The van der Waals surface area contributed by atoms with E-state index in [2.05, 4.69) is 23.8 Å². The second-order valence-corrected chi connectivity index (χ2v) is 5.07. The zero-order chi connectivity index (χ0) is 13.8. The van der Waals surface area contributed by atoms with Gasteiger partial charge in [-0.25, -0.2) is 4.79 Å². The summed E-state index contributed by atoms with van der Waals surface area (Å²) in [5.74, 6) is 0. The van der Waals surface area contributed by atoms with Crippen molar-refractivity contribution in [2.75, 3.05) is 32.5 Å². The van der Waals surface area contributed by atoms with Gasteiger partial charge in [0.1, 0.15) is 0 Å². The first-order chi connectivity index (χ1) is 9.10. The molecule has 1 aliphatic heterocycles. The lowest BCUT2D eigenvalue weighted by Crippen LogP contribution is -2.41. The number of nitrogens with one attached hydrogen (secondary N) is 1. The highest BCUT2D eigenvalue weighted by molar-refractivity contribution is 5.89. The molecule has 4 heteroatoms. The van der Waals surface area contributed by atoms with Gasteiger partial charge in [0, 0.05) is 25.3 Å². The van der Waals surface area contributed by atoms with Crippen LogP contribution in [0.5, 0.6) is 0 Å². The maximum atomic E-state index is 12.1. The highest BCUT2D eigenvalue weighted by Crippen LogP contribution is 2.15. The van der Waals surface area contributed by atoms with Gasteiger partial charge in [-0.05, 0) is 37.7 Å². The molecule has 1 fully saturated rings. The number of benzene rings is 1. The van der Waals surface area contributed by atoms with Crippen molar-refractivity contribution in [2.24, 2.45) is 0 Å². The Bertz CT molecular complexity index is 455. The molecule has 4 nitrogen and oxygen atoms in total. The van der Waals surface area contributed by atoms with Crippen LogP contribution in [0.3, 0.4) is 0 Å². The van der Waals surface area contributed by atoms with Crippen LogP contribution in [0.15, 0.2) is 30.8 Å². The van der Waals surface area contributed by atoms with Crippen LogP contribution in [0.1, 0.15) is 12.0 Å². The molecule has 1 saturated heterocycles. The van der Waals surface area contributed by atoms with E-state index < -0.39 is 0 Å². The van der Waals surface area contributed by atoms with Gasteiger partial charge in [0.05, 0.1) is 0 Å². The number of likely N-dealkylation sites (N-methyl/N-ethyl adjacent to an activating group) is 2. The molecule has 1 atom stereocenters. The van der Waals surface area contributed by atoms with Crippen LogP contribution in [0, 0.1) is 0 Å². The number of urea groups is 1. The number of rotatable bonds is 3. The lowest BCUT2D eigenvalue weighted by Gasteiger charge is -2.24. The summed E-state index contributed by atoms with van der Waals surface area (Å²) >= 11 is 0. The van der Waals surface area contributed by atoms with Gasteiger partial charge >= 0.3 is 6.03 Å². The number of anilines is 1. The number of nitrogens with zero attached hydrogens (tertiary/aromatic N) is 2. The average molecular weight is 259 g/mol. The molecule has 0 spiro atoms. The third-order valence-electron chi connectivity index (χ3n) is 3.63. The summed E-state index contributed by atoms with van der Waals surface area (Å²) in [7, 11) is 3.94. The first-order valence-corrected chi connectivity index (χ1v) is 6.55. The van der Waals surface area contributed by atoms with Gasteiger partial charge in [0.15, 0.2) is 0 Å². The molecule has 2 rings (SSSR count). The van der Waals surface area contributed by atoms with E-state index in [4.69, 9.17) is 0 Å². The Labute approximate surface area is 114 Å². The Morgan fingerprint density at radius 2 is 2.16 bits per heavy atom. The molecule has 1 aromatic rings. The predicted molar refractivity (Wildman–Crippen MR) is 79.2 cm³/mol. The maximum absolute atomic E-state index is 12.1. The van der Waals surface area contributed by atoms with E-state index in [0.29, 0.717) is 6.04 Å². The number of hydrogen-bond acceptors (Lipinski definition) is 2. The Morgan fingerprint density at radius 1 is 1.47 bits per heavy atom. The molecule has 102 valence electrons. The largest absolute Gasteiger partial charge is 0.323 e. The van der Waals surface area contributed by atoms with Gasteiger partial charge < -0.3 is 15.1 Å². The fourth-order valence-corrected chi connectivity index (χ4v) is 2.31. The van der Waals surface area contributed by atoms with E-state index in [1.807, 2.05) is 31.3 Å². The molecule has 2 amide bonds. The molecule has 1 aromatic carbocycles. The minimum absolute atomic E-state index is 0.0494. The molecule has 0 aromatic heterocycles. The first-order valence-electron chi connectivity index (χ1n) is 6.55. The van der Waals surface area contributed by atoms with E-state index in [1.165, 1.54) is 0 Å². The quantitative estimate of drug-likeness (QED) is 0.905. The van der Waals surface area contributed by atoms with Crippen LogP contribution >= 0.6 is 0 Å². The second kappa shape index (κ2) is 5.89. The molecule has 1 N–H and O–H groups in total. The van der Waals surface area contributed by atoms with E-state index in [-0.39, 0.29) is 6.03 Å². The highest BCUT2D eigenvalue weighted by Gasteiger charge is 2.26. The van der Waals surface area contributed by atoms with Crippen molar-refractivity contribution in [3.05, 3.63) is 36.4 Å². The summed E-state index contributed by atoms with van der Waals surface area (Å²) in [5.41, 5.74) is 1.86. The Hall–Kier alpha value is -1.81. The van der Waals surface area contributed by atoms with Gasteiger partial charge in [-0.2, -0.15) is 0 Å². The van der Waals surface area contributed by atoms with Crippen molar-refractivity contribution in [2.45, 2.75) is 12.5 Å². The summed E-state index contributed by atoms with van der Waals surface area (Å²) in [6.07, 6.45) is 2.82. The molecule has 1 heterocycles. The number of carbonyl (C=O) groups is 1. The van der Waals surface area contributed by atoms with E-state index in [0.717, 1.165) is 30.8 Å². The number of amides is 2. The van der Waals surface area contributed by atoms with Gasteiger partial charge in [-0.3, -0.25) is 0 Å². The molecule has 1 aliphatic rings. The topological polar surface area (TPSA) is 35.6 Å². The molecular formula is C15H21N3O. The van der Waals surface area contributed by atoms with Crippen molar-refractivity contribution in [1.82, 2.24) is 9.80 Å². The fourth-order valence-electron chi connectivity index (χ4n) is 2.31. The Balaban J connectivity index is 1.94. The molecule has 0 radical (unpaired) electrons. The standard InChI is InChI=1S/C15H21N3O/c1-4-12-5-7-13(8-6-12)16-15(19)18(3)14-9-10-17(2)11-14/h4-8,14H,1,9-11H2,2-3H3,(H,16,19)/t14-/m0/s1. The summed E-state index contributed by atoms with van der Waals surface area (Å²) in [6.45, 7) is 5.70. The molecule has 0 bridgehead atoms. The van der Waals surface area contributed by atoms with Crippen molar-refractivity contribution < 1.29 is 4.79 Å². The highest BCUT2D eigenvalue weighted by atomic mass is 16.2. The van der Waals surface area contributed by atoms with Gasteiger partial charge in [-0.15, -0.1) is 0 Å². The normalized spacial score (nSPS) is 19.2. The van der Waals surface area contributed by atoms with Crippen molar-refractivity contribution >= 4 is 17.8 Å². The van der Waals surface area contributed by atoms with Crippen LogP contribution in [0.2, 0.25) is 0 Å². The summed E-state index contributed by atoms with van der Waals surface area (Å²) < 4.78 is 0. The van der Waals surface area contributed by atoms with Gasteiger partial charge in [-0.1, -0.05) is 24.8 Å². The third kappa shape index (κ3) is 3.35. The number of hydrogen-bond donors (Lipinski definition) is 1. The van der Waals surface area contributed by atoms with Crippen LogP contribution in [0.25, 0.3) is 6.08 Å². The third-order valence-corrected chi connectivity index (χ3v) is 3.63. The molecule has 0 unspecified atom stereocenters. The molecule has 19 heavy (non-hydrogen) atoms. The Kier molecular flexibility index (Phi) is 4.22. The molecular weight excluding hydrogens is 238 g/mol. The summed E-state index contributed by atoms with van der Waals surface area (Å²) in [5, 5.41) is 2.92. The second-order valence-electron chi connectivity index (χ2n) is 5.07. The first kappa shape index (κ1) is 13.6. The Morgan fingerprint density at radius 3 is 2.68 bits per heavy atom. The average Bonchev–Trinajstić information content (AvgIpc) is 2.85. The SMILES string of the molecule is C=Cc1ccc(NC(=O)N(C)[C@H]2CCN(C)C2)cc1. The van der Waals surface area contributed by atoms with Crippen LogP contribution in [-0.2, 0) is 0 Å². The van der Waals surface area contributed by atoms with Crippen molar-refractivity contribution in [3.63, 3.8) is 0 Å².